The van der Waals surface area contributed by atoms with Gasteiger partial charge in [-0.05, 0) is 18.1 Å². The normalized spacial score (nSPS) is 10.0. The average molecular weight is 228 g/mol. The molecule has 0 fully saturated rings. The van der Waals surface area contributed by atoms with Crippen LogP contribution in [0.2, 0.25) is 0 Å². The van der Waals surface area contributed by atoms with Gasteiger partial charge in [0.25, 0.3) is 0 Å². The first kappa shape index (κ1) is 12.0. The zero-order chi connectivity index (χ0) is 11.1. The second-order valence-electron chi connectivity index (χ2n) is 3.08. The van der Waals surface area contributed by atoms with Gasteiger partial charge in [-0.25, -0.2) is 0 Å². The molecule has 4 heteroatoms. The van der Waals surface area contributed by atoms with Gasteiger partial charge in [0.05, 0.1) is 6.61 Å². The van der Waals surface area contributed by atoms with Crippen LogP contribution in [-0.4, -0.2) is 25.5 Å². The molecule has 1 aromatic rings. The van der Waals surface area contributed by atoms with Gasteiger partial charge in [-0.15, -0.1) is 11.6 Å². The number of rotatable bonds is 5. The first-order valence-electron chi connectivity index (χ1n) is 4.70. The van der Waals surface area contributed by atoms with Crippen molar-refractivity contribution in [2.24, 2.45) is 0 Å². The molecule has 1 amide bonds. The van der Waals surface area contributed by atoms with Crippen LogP contribution in [-0.2, 0) is 16.0 Å². The molecule has 0 aliphatic rings. The van der Waals surface area contributed by atoms with Crippen LogP contribution in [0.15, 0.2) is 24.3 Å². The Morgan fingerprint density at radius 1 is 1.47 bits per heavy atom. The number of carbonyl (C=O) groups is 1. The monoisotopic (exact) mass is 227 g/mol. The van der Waals surface area contributed by atoms with Crippen LogP contribution in [0, 0.1) is 0 Å². The number of methoxy groups -OCH3 is 1. The van der Waals surface area contributed by atoms with E-state index < -0.39 is 0 Å². The van der Waals surface area contributed by atoms with Crippen LogP contribution in [0.1, 0.15) is 5.56 Å². The third-order valence-corrected chi connectivity index (χ3v) is 2.23. The van der Waals surface area contributed by atoms with E-state index in [-0.39, 0.29) is 11.8 Å². The Bertz CT molecular complexity index is 328. The number of anilines is 1. The van der Waals surface area contributed by atoms with Gasteiger partial charge in [0.1, 0.15) is 5.88 Å². The molecule has 15 heavy (non-hydrogen) atoms. The molecule has 1 rings (SSSR count). The fourth-order valence-corrected chi connectivity index (χ4v) is 1.32. The zero-order valence-electron chi connectivity index (χ0n) is 8.63. The van der Waals surface area contributed by atoms with Crippen molar-refractivity contribution in [3.8, 4) is 0 Å². The Kier molecular flexibility index (Phi) is 5.15. The molecule has 0 heterocycles. The highest BCUT2D eigenvalue weighted by Crippen LogP contribution is 2.15. The molecule has 0 unspecified atom stereocenters. The number of para-hydroxylation sites is 1. The van der Waals surface area contributed by atoms with Crippen molar-refractivity contribution >= 4 is 23.2 Å². The summed E-state index contributed by atoms with van der Waals surface area (Å²) in [6.07, 6.45) is 0.773. The van der Waals surface area contributed by atoms with Crippen molar-refractivity contribution < 1.29 is 9.53 Å². The summed E-state index contributed by atoms with van der Waals surface area (Å²) < 4.78 is 4.99. The van der Waals surface area contributed by atoms with Crippen LogP contribution in [0.25, 0.3) is 0 Å². The van der Waals surface area contributed by atoms with Crippen molar-refractivity contribution in [1.29, 1.82) is 0 Å². The van der Waals surface area contributed by atoms with Crippen LogP contribution in [0.5, 0.6) is 0 Å². The largest absolute Gasteiger partial charge is 0.384 e. The molecule has 0 aliphatic heterocycles. The Morgan fingerprint density at radius 2 is 2.20 bits per heavy atom. The van der Waals surface area contributed by atoms with Crippen molar-refractivity contribution in [3.63, 3.8) is 0 Å². The fraction of sp³-hybridized carbons (Fsp3) is 0.364. The zero-order valence-corrected chi connectivity index (χ0v) is 9.38. The predicted molar refractivity (Wildman–Crippen MR) is 61.4 cm³/mol. The summed E-state index contributed by atoms with van der Waals surface area (Å²) in [6.45, 7) is 0.633. The number of hydrogen-bond acceptors (Lipinski definition) is 2. The van der Waals surface area contributed by atoms with E-state index in [9.17, 15) is 4.79 Å². The maximum atomic E-state index is 11.1. The van der Waals surface area contributed by atoms with E-state index in [1.165, 1.54) is 0 Å². The molecular weight excluding hydrogens is 214 g/mol. The number of hydrogen-bond donors (Lipinski definition) is 1. The highest BCUT2D eigenvalue weighted by Gasteiger charge is 2.04. The summed E-state index contributed by atoms with van der Waals surface area (Å²) in [6, 6.07) is 7.62. The second-order valence-corrected chi connectivity index (χ2v) is 3.35. The molecule has 0 bridgehead atoms. The Balaban J connectivity index is 2.72. The van der Waals surface area contributed by atoms with Gasteiger partial charge in [-0.1, -0.05) is 18.2 Å². The fourth-order valence-electron chi connectivity index (χ4n) is 1.26. The van der Waals surface area contributed by atoms with Gasteiger partial charge in [-0.3, -0.25) is 4.79 Å². The van der Waals surface area contributed by atoms with Gasteiger partial charge in [0, 0.05) is 12.8 Å². The van der Waals surface area contributed by atoms with Crippen LogP contribution >= 0.6 is 11.6 Å². The van der Waals surface area contributed by atoms with Crippen LogP contribution in [0.3, 0.4) is 0 Å². The Hall–Kier alpha value is -1.06. The maximum Gasteiger partial charge on any atom is 0.239 e. The van der Waals surface area contributed by atoms with Gasteiger partial charge in [-0.2, -0.15) is 0 Å². The molecule has 1 aromatic carbocycles. The summed E-state index contributed by atoms with van der Waals surface area (Å²) in [7, 11) is 1.65. The predicted octanol–water partition coefficient (Wildman–Crippen LogP) is 2.05. The molecule has 0 saturated carbocycles. The minimum Gasteiger partial charge on any atom is -0.384 e. The molecule has 0 atom stereocenters. The van der Waals surface area contributed by atoms with Crippen LogP contribution < -0.4 is 5.32 Å². The lowest BCUT2D eigenvalue weighted by Gasteiger charge is -2.09. The number of alkyl halides is 1. The highest BCUT2D eigenvalue weighted by molar-refractivity contribution is 6.29. The lowest BCUT2D eigenvalue weighted by molar-refractivity contribution is -0.113. The standard InChI is InChI=1S/C11H14ClNO2/c1-15-7-6-9-4-2-3-5-10(9)13-11(14)8-12/h2-5H,6-8H2,1H3,(H,13,14). The van der Waals surface area contributed by atoms with E-state index in [4.69, 9.17) is 16.3 Å². The molecular formula is C11H14ClNO2. The smallest absolute Gasteiger partial charge is 0.239 e. The molecule has 1 N–H and O–H groups in total. The van der Waals surface area contributed by atoms with Crippen molar-refractivity contribution in [1.82, 2.24) is 0 Å². The maximum absolute atomic E-state index is 11.1. The second kappa shape index (κ2) is 6.43. The quantitative estimate of drug-likeness (QED) is 0.782. The summed E-state index contributed by atoms with van der Waals surface area (Å²) >= 11 is 5.42. The average Bonchev–Trinajstić information content (AvgIpc) is 2.28. The lowest BCUT2D eigenvalue weighted by Crippen LogP contribution is -2.14. The van der Waals surface area contributed by atoms with E-state index in [1.54, 1.807) is 7.11 Å². The first-order valence-corrected chi connectivity index (χ1v) is 5.24. The van der Waals surface area contributed by atoms with E-state index in [2.05, 4.69) is 5.32 Å². The molecule has 3 nitrogen and oxygen atoms in total. The highest BCUT2D eigenvalue weighted by atomic mass is 35.5. The van der Waals surface area contributed by atoms with E-state index in [0.717, 1.165) is 17.7 Å². The molecule has 0 aromatic heterocycles. The molecule has 0 spiro atoms. The lowest BCUT2D eigenvalue weighted by atomic mass is 10.1. The van der Waals surface area contributed by atoms with Gasteiger partial charge < -0.3 is 10.1 Å². The summed E-state index contributed by atoms with van der Waals surface area (Å²) in [5, 5.41) is 2.74. The Labute approximate surface area is 94.4 Å². The number of amides is 1. The topological polar surface area (TPSA) is 38.3 Å². The van der Waals surface area contributed by atoms with Gasteiger partial charge in [0.2, 0.25) is 5.91 Å². The third-order valence-electron chi connectivity index (χ3n) is 1.99. The minimum atomic E-state index is -0.193. The van der Waals surface area contributed by atoms with E-state index >= 15 is 0 Å². The third kappa shape index (κ3) is 3.90. The summed E-state index contributed by atoms with van der Waals surface area (Å²) in [5.41, 5.74) is 1.86. The number of carbonyl (C=O) groups excluding carboxylic acids is 1. The van der Waals surface area contributed by atoms with E-state index in [1.807, 2.05) is 24.3 Å². The number of ether oxygens (including phenoxy) is 1. The first-order chi connectivity index (χ1) is 7.27. The minimum absolute atomic E-state index is 0.0292. The number of halogens is 1. The van der Waals surface area contributed by atoms with Crippen molar-refractivity contribution in [2.75, 3.05) is 24.9 Å². The van der Waals surface area contributed by atoms with Crippen molar-refractivity contribution in [3.05, 3.63) is 29.8 Å². The summed E-state index contributed by atoms with van der Waals surface area (Å²) in [5.74, 6) is -0.222. The molecule has 0 aliphatic carbocycles. The van der Waals surface area contributed by atoms with Gasteiger partial charge in [0.15, 0.2) is 0 Å². The molecule has 82 valence electrons. The molecule has 0 saturated heterocycles. The number of nitrogens with one attached hydrogen (secondary N) is 1. The summed E-state index contributed by atoms with van der Waals surface area (Å²) in [4.78, 5) is 11.1. The SMILES string of the molecule is COCCc1ccccc1NC(=O)CCl. The molecule has 0 radical (unpaired) electrons. The number of benzene rings is 1. The van der Waals surface area contributed by atoms with Crippen LogP contribution in [0.4, 0.5) is 5.69 Å². The Morgan fingerprint density at radius 3 is 2.87 bits per heavy atom. The van der Waals surface area contributed by atoms with Crippen molar-refractivity contribution in [2.45, 2.75) is 6.42 Å². The van der Waals surface area contributed by atoms with E-state index in [0.29, 0.717) is 6.61 Å². The van der Waals surface area contributed by atoms with Gasteiger partial charge >= 0.3 is 0 Å².